The molecule has 60 heavy (non-hydrogen) atoms. The molecule has 7 rings (SSSR count). The molecule has 3 aromatic carbocycles. The summed E-state index contributed by atoms with van der Waals surface area (Å²) in [6.07, 6.45) is 3.56. The van der Waals surface area contributed by atoms with Gasteiger partial charge in [0.1, 0.15) is 23.2 Å². The second kappa shape index (κ2) is 21.5. The van der Waals surface area contributed by atoms with Crippen molar-refractivity contribution in [1.29, 1.82) is 0 Å². The van der Waals surface area contributed by atoms with Crippen LogP contribution in [0.1, 0.15) is 61.5 Å². The van der Waals surface area contributed by atoms with E-state index in [9.17, 15) is 13.2 Å². The summed E-state index contributed by atoms with van der Waals surface area (Å²) in [4.78, 5) is 11.8. The van der Waals surface area contributed by atoms with Gasteiger partial charge in [-0.25, -0.2) is 13.2 Å². The van der Waals surface area contributed by atoms with Crippen LogP contribution < -0.4 is 10.1 Å². The van der Waals surface area contributed by atoms with Gasteiger partial charge in [-0.2, -0.15) is 0 Å². The minimum Gasteiger partial charge on any atom is -0.536 e. The van der Waals surface area contributed by atoms with Gasteiger partial charge in [0.25, 0.3) is 0 Å². The maximum Gasteiger partial charge on any atom is 0.569 e. The highest BCUT2D eigenvalue weighted by Crippen LogP contribution is 2.37. The van der Waals surface area contributed by atoms with Gasteiger partial charge in [-0.05, 0) is 156 Å². The second-order valence-corrected chi connectivity index (χ2v) is 18.0. The molecule has 6 aromatic rings. The largest absolute Gasteiger partial charge is 0.569 e. The van der Waals surface area contributed by atoms with E-state index in [1.165, 1.54) is 38.1 Å². The van der Waals surface area contributed by atoms with Crippen molar-refractivity contribution in [2.45, 2.75) is 80.4 Å². The maximum absolute atomic E-state index is 13.5. The zero-order valence-corrected chi connectivity index (χ0v) is 40.4. The zero-order chi connectivity index (χ0) is 44.5. The summed E-state index contributed by atoms with van der Waals surface area (Å²) in [7, 11) is 0.0967. The first-order valence-corrected chi connectivity index (χ1v) is 21.4. The van der Waals surface area contributed by atoms with E-state index >= 15 is 0 Å². The van der Waals surface area contributed by atoms with Gasteiger partial charge in [0.2, 0.25) is 0 Å². The van der Waals surface area contributed by atoms with Crippen molar-refractivity contribution in [1.82, 2.24) is 15.0 Å². The van der Waals surface area contributed by atoms with Crippen LogP contribution in [-0.2, 0) is 9.31 Å². The Kier molecular flexibility index (Phi) is 17.5. The predicted octanol–water partition coefficient (Wildman–Crippen LogP) is 11.9. The molecule has 1 radical (unpaired) electrons. The fourth-order valence-corrected chi connectivity index (χ4v) is 6.90. The Bertz CT molecular complexity index is 2430. The molecule has 1 saturated heterocycles. The molecule has 0 atom stereocenters. The van der Waals surface area contributed by atoms with E-state index in [0.29, 0.717) is 13.4 Å². The van der Waals surface area contributed by atoms with Crippen molar-refractivity contribution in [2.24, 2.45) is 0 Å². The van der Waals surface area contributed by atoms with Crippen LogP contribution >= 0.6 is 54.5 Å². The average molecular weight is 1060 g/mol. The van der Waals surface area contributed by atoms with Gasteiger partial charge < -0.3 is 19.0 Å². The molecule has 0 amide bonds. The standard InChI is InChI=1S/C19H23BFNO2.C13H11BrFN.C7H6BrI.C6H6BFNO2/c1-12-9-14(16-10-15(21)11-22-13(16)2)7-8-17(12)20-23-18(3,4)19(5,6)24-20;1-8-5-10(3-4-13(8)14)12-6-11(15)7-16-9(12)2;1-5-4-6(9)2-3-7(5)8;1-4-6(11-7-10)2-5(8)3-9-4/h7-11H,1-6H3;3-7H,1-2H3;2-4H,1H3;2-3,10H,1H3. The Morgan fingerprint density at radius 3 is 1.50 bits per heavy atom. The van der Waals surface area contributed by atoms with Crippen LogP contribution in [0.2, 0.25) is 0 Å². The van der Waals surface area contributed by atoms with Crippen LogP contribution in [0.5, 0.6) is 5.75 Å². The van der Waals surface area contributed by atoms with Crippen molar-refractivity contribution in [3.63, 3.8) is 0 Å². The number of aromatic nitrogens is 3. The summed E-state index contributed by atoms with van der Waals surface area (Å²) >= 11 is 9.17. The lowest BCUT2D eigenvalue weighted by Gasteiger charge is -2.32. The summed E-state index contributed by atoms with van der Waals surface area (Å²) in [6, 6.07) is 22.4. The molecule has 1 aliphatic rings. The Hall–Kier alpha value is -3.60. The Morgan fingerprint density at radius 2 is 1.05 bits per heavy atom. The first kappa shape index (κ1) is 49.1. The Labute approximate surface area is 382 Å². The fourth-order valence-electron chi connectivity index (χ4n) is 5.76. The van der Waals surface area contributed by atoms with E-state index in [1.54, 1.807) is 6.92 Å². The SMILES string of the molecule is Cc1cc(-c2cc(F)cnc2C)ccc1B1OC(C)(C)C(C)(C)O1.Cc1cc(-c2cc(F)cnc2C)ccc1Br.Cc1cc(I)ccc1Br.Cc1ncc(F)cc1O[B]O. The molecule has 313 valence electrons. The van der Waals surface area contributed by atoms with Crippen LogP contribution in [-0.4, -0.2) is 46.0 Å². The van der Waals surface area contributed by atoms with Crippen molar-refractivity contribution in [3.05, 3.63) is 155 Å². The van der Waals surface area contributed by atoms with Gasteiger partial charge in [-0.15, -0.1) is 0 Å². The Balaban J connectivity index is 0.000000190. The number of hydrogen-bond donors (Lipinski definition) is 1. The highest BCUT2D eigenvalue weighted by molar-refractivity contribution is 14.1. The molecule has 0 saturated carbocycles. The summed E-state index contributed by atoms with van der Waals surface area (Å²) in [5, 5.41) is 8.24. The van der Waals surface area contributed by atoms with E-state index < -0.39 is 12.9 Å². The predicted molar refractivity (Wildman–Crippen MR) is 251 cm³/mol. The summed E-state index contributed by atoms with van der Waals surface area (Å²) in [5.74, 6) is -0.913. The third-order valence-electron chi connectivity index (χ3n) is 9.97. The van der Waals surface area contributed by atoms with Gasteiger partial charge in [-0.1, -0.05) is 67.8 Å². The van der Waals surface area contributed by atoms with Crippen LogP contribution in [0.3, 0.4) is 0 Å². The van der Waals surface area contributed by atoms with Crippen LogP contribution in [0.4, 0.5) is 13.2 Å². The van der Waals surface area contributed by atoms with E-state index in [4.69, 9.17) is 14.3 Å². The monoisotopic (exact) mass is 1060 g/mol. The van der Waals surface area contributed by atoms with Crippen molar-refractivity contribution < 1.29 is 32.2 Å². The van der Waals surface area contributed by atoms with Crippen molar-refractivity contribution in [3.8, 4) is 28.0 Å². The number of halogens is 6. The molecule has 1 aliphatic heterocycles. The molecular weight excluding hydrogens is 1010 g/mol. The molecule has 7 nitrogen and oxygen atoms in total. The molecule has 1 fully saturated rings. The van der Waals surface area contributed by atoms with Crippen molar-refractivity contribution in [2.75, 3.05) is 0 Å². The quantitative estimate of drug-likeness (QED) is 0.136. The zero-order valence-electron chi connectivity index (χ0n) is 35.1. The molecule has 0 bridgehead atoms. The van der Waals surface area contributed by atoms with E-state index in [1.807, 2.05) is 91.8 Å². The highest BCUT2D eigenvalue weighted by atomic mass is 127. The van der Waals surface area contributed by atoms with Gasteiger partial charge in [0.05, 0.1) is 35.5 Å². The van der Waals surface area contributed by atoms with Crippen LogP contribution in [0.15, 0.2) is 100 Å². The highest BCUT2D eigenvalue weighted by Gasteiger charge is 2.52. The normalized spacial score (nSPS) is 13.5. The fraction of sp³-hybridized carbons (Fsp3) is 0.267. The van der Waals surface area contributed by atoms with Gasteiger partial charge in [0, 0.05) is 41.1 Å². The third kappa shape index (κ3) is 13.2. The van der Waals surface area contributed by atoms with Crippen LogP contribution in [0.25, 0.3) is 22.3 Å². The average Bonchev–Trinajstić information content (AvgIpc) is 3.40. The minimum atomic E-state index is -0.493. The van der Waals surface area contributed by atoms with E-state index in [0.717, 1.165) is 67.0 Å². The topological polar surface area (TPSA) is 86.6 Å². The van der Waals surface area contributed by atoms with Gasteiger partial charge in [0.15, 0.2) is 0 Å². The minimum absolute atomic E-state index is 0.215. The number of rotatable bonds is 5. The van der Waals surface area contributed by atoms with Crippen LogP contribution in [0, 0.1) is 62.6 Å². The number of aryl methyl sites for hydroxylation is 6. The molecular formula is C45H46B2Br2F3IN3O4. The molecule has 3 aromatic heterocycles. The molecule has 0 aliphatic carbocycles. The number of pyridine rings is 3. The lowest BCUT2D eigenvalue weighted by Crippen LogP contribution is -2.41. The number of benzene rings is 3. The Morgan fingerprint density at radius 1 is 0.617 bits per heavy atom. The van der Waals surface area contributed by atoms with Gasteiger partial charge in [-0.3, -0.25) is 15.0 Å². The number of hydrogen-bond acceptors (Lipinski definition) is 7. The van der Waals surface area contributed by atoms with E-state index in [-0.39, 0.29) is 28.6 Å². The first-order valence-electron chi connectivity index (χ1n) is 18.8. The van der Waals surface area contributed by atoms with Gasteiger partial charge >= 0.3 is 14.8 Å². The second-order valence-electron chi connectivity index (χ2n) is 15.1. The lowest BCUT2D eigenvalue weighted by atomic mass is 9.75. The molecule has 0 spiro atoms. The van der Waals surface area contributed by atoms with E-state index in [2.05, 4.69) is 99.2 Å². The lowest BCUT2D eigenvalue weighted by molar-refractivity contribution is 0.00578. The first-order chi connectivity index (χ1) is 28.1. The molecule has 0 unspecified atom stereocenters. The summed E-state index contributed by atoms with van der Waals surface area (Å²) < 4.78 is 59.4. The third-order valence-corrected chi connectivity index (χ3v) is 12.4. The molecule has 1 N–H and O–H groups in total. The smallest absolute Gasteiger partial charge is 0.536 e. The maximum atomic E-state index is 13.5. The summed E-state index contributed by atoms with van der Waals surface area (Å²) in [6.45, 7) is 19.7. The molecule has 15 heteroatoms. The number of nitrogens with zero attached hydrogens (tertiary/aromatic N) is 3. The summed E-state index contributed by atoms with van der Waals surface area (Å²) in [5.41, 5.74) is 9.48. The van der Waals surface area contributed by atoms with Crippen molar-refractivity contribution >= 4 is 74.7 Å². The molecule has 4 heterocycles.